The molecule has 3 rings (SSSR count). The third kappa shape index (κ3) is 2.83. The number of carbonyl (C=O) groups is 1. The van der Waals surface area contributed by atoms with E-state index in [-0.39, 0.29) is 0 Å². The van der Waals surface area contributed by atoms with Crippen LogP contribution < -0.4 is 0 Å². The highest BCUT2D eigenvalue weighted by Gasteiger charge is 2.21. The van der Waals surface area contributed by atoms with Crippen molar-refractivity contribution in [1.82, 2.24) is 14.7 Å². The van der Waals surface area contributed by atoms with Crippen LogP contribution in [0.1, 0.15) is 27.2 Å². The molecule has 5 heteroatoms. The van der Waals surface area contributed by atoms with Crippen molar-refractivity contribution in [2.75, 3.05) is 13.1 Å². The summed E-state index contributed by atoms with van der Waals surface area (Å²) in [6, 6.07) is 7.62. The largest absolute Gasteiger partial charge is 0.478 e. The molecule has 0 spiro atoms. The van der Waals surface area contributed by atoms with Crippen LogP contribution >= 0.6 is 0 Å². The molecule has 2 aromatic rings. The van der Waals surface area contributed by atoms with Crippen molar-refractivity contribution >= 4 is 5.97 Å². The molecule has 5 nitrogen and oxygen atoms in total. The van der Waals surface area contributed by atoms with Crippen LogP contribution in [-0.2, 0) is 26.4 Å². The summed E-state index contributed by atoms with van der Waals surface area (Å²) in [5.74, 6) is -0.824. The van der Waals surface area contributed by atoms with E-state index in [1.807, 2.05) is 36.1 Å². The molecule has 0 atom stereocenters. The van der Waals surface area contributed by atoms with Gasteiger partial charge >= 0.3 is 5.97 Å². The van der Waals surface area contributed by atoms with Gasteiger partial charge in [-0.25, -0.2) is 4.79 Å². The lowest BCUT2D eigenvalue weighted by molar-refractivity contribution is 0.0694. The Labute approximate surface area is 123 Å². The molecule has 0 aliphatic carbocycles. The lowest BCUT2D eigenvalue weighted by atomic mass is 9.94. The van der Waals surface area contributed by atoms with Crippen molar-refractivity contribution in [2.24, 2.45) is 7.05 Å². The van der Waals surface area contributed by atoms with Gasteiger partial charge in [-0.1, -0.05) is 12.1 Å². The predicted molar refractivity (Wildman–Crippen MR) is 79.3 cm³/mol. The molecule has 0 saturated heterocycles. The molecule has 0 bridgehead atoms. The van der Waals surface area contributed by atoms with E-state index in [4.69, 9.17) is 0 Å². The SMILES string of the molecule is Cn1nccc1CCN1CCc2c(cccc2C(=O)O)C1. The molecule has 0 radical (unpaired) electrons. The molecule has 0 fully saturated rings. The minimum Gasteiger partial charge on any atom is -0.478 e. The van der Waals surface area contributed by atoms with Crippen molar-refractivity contribution in [2.45, 2.75) is 19.4 Å². The standard InChI is InChI=1S/C16H19N3O2/c1-18-13(5-8-17-18)6-9-19-10-7-14-12(11-19)3-2-4-15(14)16(20)21/h2-5,8H,6-7,9-11H2,1H3,(H,20,21). The van der Waals surface area contributed by atoms with Gasteiger partial charge in [0, 0.05) is 45.0 Å². The van der Waals surface area contributed by atoms with Gasteiger partial charge in [-0.3, -0.25) is 9.58 Å². The van der Waals surface area contributed by atoms with Gasteiger partial charge in [-0.2, -0.15) is 5.10 Å². The molecular formula is C16H19N3O2. The molecule has 21 heavy (non-hydrogen) atoms. The second-order valence-electron chi connectivity index (χ2n) is 5.47. The van der Waals surface area contributed by atoms with Gasteiger partial charge in [0.15, 0.2) is 0 Å². The Hall–Kier alpha value is -2.14. The number of rotatable bonds is 4. The van der Waals surface area contributed by atoms with E-state index in [1.165, 1.54) is 5.69 Å². The van der Waals surface area contributed by atoms with E-state index >= 15 is 0 Å². The summed E-state index contributed by atoms with van der Waals surface area (Å²) in [5, 5.41) is 13.4. The molecule has 1 aromatic heterocycles. The summed E-state index contributed by atoms with van der Waals surface area (Å²) >= 11 is 0. The average molecular weight is 285 g/mol. The Morgan fingerprint density at radius 2 is 2.24 bits per heavy atom. The maximum atomic E-state index is 11.2. The fourth-order valence-electron chi connectivity index (χ4n) is 2.98. The number of benzene rings is 1. The summed E-state index contributed by atoms with van der Waals surface area (Å²) in [6.45, 7) is 2.71. The highest BCUT2D eigenvalue weighted by Crippen LogP contribution is 2.22. The van der Waals surface area contributed by atoms with Crippen LogP contribution in [0.5, 0.6) is 0 Å². The third-order valence-electron chi connectivity index (χ3n) is 4.18. The summed E-state index contributed by atoms with van der Waals surface area (Å²) in [7, 11) is 1.96. The van der Waals surface area contributed by atoms with Crippen molar-refractivity contribution in [3.8, 4) is 0 Å². The Bertz CT molecular complexity index is 663. The van der Waals surface area contributed by atoms with E-state index in [0.29, 0.717) is 5.56 Å². The summed E-state index contributed by atoms with van der Waals surface area (Å²) in [5.41, 5.74) is 3.83. The lowest BCUT2D eigenvalue weighted by Gasteiger charge is -2.29. The second kappa shape index (κ2) is 5.69. The third-order valence-corrected chi connectivity index (χ3v) is 4.18. The molecule has 0 amide bonds. The zero-order chi connectivity index (χ0) is 14.8. The maximum absolute atomic E-state index is 11.2. The van der Waals surface area contributed by atoms with E-state index < -0.39 is 5.97 Å². The number of carboxylic acids is 1. The molecule has 1 aliphatic rings. The van der Waals surface area contributed by atoms with Crippen LogP contribution in [0.25, 0.3) is 0 Å². The first-order valence-corrected chi connectivity index (χ1v) is 7.18. The van der Waals surface area contributed by atoms with E-state index in [0.717, 1.165) is 43.6 Å². The maximum Gasteiger partial charge on any atom is 0.335 e. The first-order valence-electron chi connectivity index (χ1n) is 7.18. The Balaban J connectivity index is 1.69. The topological polar surface area (TPSA) is 58.4 Å². The Kier molecular flexibility index (Phi) is 3.75. The quantitative estimate of drug-likeness (QED) is 0.929. The van der Waals surface area contributed by atoms with Crippen LogP contribution in [0.4, 0.5) is 0 Å². The Morgan fingerprint density at radius 1 is 1.38 bits per heavy atom. The fourth-order valence-corrected chi connectivity index (χ4v) is 2.98. The second-order valence-corrected chi connectivity index (χ2v) is 5.47. The van der Waals surface area contributed by atoms with Crippen molar-refractivity contribution in [3.05, 3.63) is 52.8 Å². The summed E-state index contributed by atoms with van der Waals surface area (Å²) < 4.78 is 1.90. The smallest absolute Gasteiger partial charge is 0.335 e. The van der Waals surface area contributed by atoms with Gasteiger partial charge in [-0.05, 0) is 29.7 Å². The van der Waals surface area contributed by atoms with Crippen LogP contribution in [0, 0.1) is 0 Å². The van der Waals surface area contributed by atoms with Crippen LogP contribution in [0.15, 0.2) is 30.5 Å². The lowest BCUT2D eigenvalue weighted by Crippen LogP contribution is -2.33. The molecule has 110 valence electrons. The zero-order valence-electron chi connectivity index (χ0n) is 12.1. The van der Waals surface area contributed by atoms with Crippen LogP contribution in [0.3, 0.4) is 0 Å². The number of hydrogen-bond donors (Lipinski definition) is 1. The molecule has 0 saturated carbocycles. The van der Waals surface area contributed by atoms with Crippen molar-refractivity contribution < 1.29 is 9.90 Å². The van der Waals surface area contributed by atoms with Gasteiger partial charge < -0.3 is 5.11 Å². The number of fused-ring (bicyclic) bond motifs is 1. The first-order chi connectivity index (χ1) is 10.1. The van der Waals surface area contributed by atoms with Crippen molar-refractivity contribution in [3.63, 3.8) is 0 Å². The van der Waals surface area contributed by atoms with E-state index in [9.17, 15) is 9.90 Å². The summed E-state index contributed by atoms with van der Waals surface area (Å²) in [4.78, 5) is 13.6. The number of aromatic nitrogens is 2. The highest BCUT2D eigenvalue weighted by molar-refractivity contribution is 5.89. The summed E-state index contributed by atoms with van der Waals surface area (Å²) in [6.07, 6.45) is 3.59. The normalized spacial score (nSPS) is 14.9. The average Bonchev–Trinajstić information content (AvgIpc) is 2.89. The van der Waals surface area contributed by atoms with Gasteiger partial charge in [0.2, 0.25) is 0 Å². The van der Waals surface area contributed by atoms with Gasteiger partial charge in [0.1, 0.15) is 0 Å². The predicted octanol–water partition coefficient (Wildman–Crippen LogP) is 1.72. The number of nitrogens with zero attached hydrogens (tertiary/aromatic N) is 3. The molecule has 2 heterocycles. The van der Waals surface area contributed by atoms with Crippen molar-refractivity contribution in [1.29, 1.82) is 0 Å². The highest BCUT2D eigenvalue weighted by atomic mass is 16.4. The zero-order valence-corrected chi connectivity index (χ0v) is 12.1. The minimum absolute atomic E-state index is 0.457. The van der Waals surface area contributed by atoms with E-state index in [1.54, 1.807) is 6.07 Å². The van der Waals surface area contributed by atoms with Crippen LogP contribution in [-0.4, -0.2) is 38.8 Å². The molecule has 0 unspecified atom stereocenters. The molecule has 1 aromatic carbocycles. The monoisotopic (exact) mass is 285 g/mol. The fraction of sp³-hybridized carbons (Fsp3) is 0.375. The molecule has 1 aliphatic heterocycles. The van der Waals surface area contributed by atoms with E-state index in [2.05, 4.69) is 10.00 Å². The minimum atomic E-state index is -0.824. The number of carboxylic acid groups (broad SMARTS) is 1. The first kappa shape index (κ1) is 13.8. The van der Waals surface area contributed by atoms with Gasteiger partial charge in [0.05, 0.1) is 5.56 Å². The molecule has 1 N–H and O–H groups in total. The Morgan fingerprint density at radius 3 is 2.95 bits per heavy atom. The van der Waals surface area contributed by atoms with Gasteiger partial charge in [0.25, 0.3) is 0 Å². The van der Waals surface area contributed by atoms with Gasteiger partial charge in [-0.15, -0.1) is 0 Å². The number of aryl methyl sites for hydroxylation is 1. The van der Waals surface area contributed by atoms with Crippen LogP contribution in [0.2, 0.25) is 0 Å². The number of hydrogen-bond acceptors (Lipinski definition) is 3. The molecular weight excluding hydrogens is 266 g/mol. The number of aromatic carboxylic acids is 1.